The first-order chi connectivity index (χ1) is 5.86. The maximum atomic E-state index is 10.5. The van der Waals surface area contributed by atoms with Gasteiger partial charge in [-0.1, -0.05) is 6.92 Å². The molecule has 0 aliphatic heterocycles. The summed E-state index contributed by atoms with van der Waals surface area (Å²) in [6, 6.07) is -0.0122. The van der Waals surface area contributed by atoms with Crippen LogP contribution in [0.3, 0.4) is 0 Å². The number of carboxylic acids is 1. The van der Waals surface area contributed by atoms with E-state index in [0.717, 1.165) is 0 Å². The number of likely N-dealkylation sites (N-methyl/N-ethyl adjacent to an activating group) is 1. The second kappa shape index (κ2) is 5.19. The minimum absolute atomic E-state index is 0.0122. The zero-order valence-corrected chi connectivity index (χ0v) is 8.69. The number of aliphatic carboxylic acids is 1. The molecular formula is C9H19NO3. The molecule has 13 heavy (non-hydrogen) atoms. The highest BCUT2D eigenvalue weighted by Gasteiger charge is 2.19. The Morgan fingerprint density at radius 1 is 1.38 bits per heavy atom. The van der Waals surface area contributed by atoms with Crippen molar-refractivity contribution in [2.45, 2.75) is 32.9 Å². The Balaban J connectivity index is 3.99. The van der Waals surface area contributed by atoms with E-state index in [0.29, 0.717) is 6.54 Å². The van der Waals surface area contributed by atoms with E-state index in [4.69, 9.17) is 5.11 Å². The summed E-state index contributed by atoms with van der Waals surface area (Å²) < 4.78 is 0. The number of rotatable bonds is 5. The first-order valence-corrected chi connectivity index (χ1v) is 4.47. The molecule has 0 amide bonds. The molecule has 0 radical (unpaired) electrons. The molecule has 0 aromatic carbocycles. The van der Waals surface area contributed by atoms with Crippen LogP contribution in [0.25, 0.3) is 0 Å². The van der Waals surface area contributed by atoms with Crippen molar-refractivity contribution in [1.29, 1.82) is 0 Å². The minimum atomic E-state index is -0.801. The van der Waals surface area contributed by atoms with E-state index in [2.05, 4.69) is 0 Å². The molecule has 2 N–H and O–H groups in total. The zero-order chi connectivity index (χ0) is 10.6. The molecule has 0 bridgehead atoms. The van der Waals surface area contributed by atoms with Gasteiger partial charge in [0.25, 0.3) is 0 Å². The van der Waals surface area contributed by atoms with Gasteiger partial charge < -0.3 is 15.1 Å². The van der Waals surface area contributed by atoms with E-state index in [-0.39, 0.29) is 6.04 Å². The first kappa shape index (κ1) is 12.4. The highest BCUT2D eigenvalue weighted by molar-refractivity contribution is 5.69. The average molecular weight is 189 g/mol. The van der Waals surface area contributed by atoms with Crippen molar-refractivity contribution in [3.05, 3.63) is 0 Å². The number of aliphatic hydroxyl groups is 1. The van der Waals surface area contributed by atoms with Crippen LogP contribution >= 0.6 is 0 Å². The van der Waals surface area contributed by atoms with Crippen LogP contribution in [0.2, 0.25) is 0 Å². The normalized spacial score (nSPS) is 18.3. The zero-order valence-electron chi connectivity index (χ0n) is 8.69. The van der Waals surface area contributed by atoms with E-state index in [9.17, 15) is 9.90 Å². The Kier molecular flexibility index (Phi) is 4.95. The number of hydrogen-bond donors (Lipinski definition) is 2. The number of carboxylic acid groups (broad SMARTS) is 1. The summed E-state index contributed by atoms with van der Waals surface area (Å²) in [5.41, 5.74) is 0. The van der Waals surface area contributed by atoms with Crippen LogP contribution in [0.15, 0.2) is 0 Å². The lowest BCUT2D eigenvalue weighted by Gasteiger charge is -2.28. The molecule has 3 unspecified atom stereocenters. The van der Waals surface area contributed by atoms with Gasteiger partial charge in [0, 0.05) is 12.6 Å². The van der Waals surface area contributed by atoms with Gasteiger partial charge in [0.1, 0.15) is 0 Å². The standard InChI is InChI=1S/C9H19NO3/c1-6(9(12)13)5-10(4)7(2)8(3)11/h6-8,11H,5H2,1-4H3,(H,12,13). The Hall–Kier alpha value is -0.610. The van der Waals surface area contributed by atoms with E-state index in [1.165, 1.54) is 0 Å². The maximum absolute atomic E-state index is 10.5. The van der Waals surface area contributed by atoms with Crippen LogP contribution < -0.4 is 0 Å². The van der Waals surface area contributed by atoms with Crippen molar-refractivity contribution >= 4 is 5.97 Å². The van der Waals surface area contributed by atoms with Crippen LogP contribution in [-0.2, 0) is 4.79 Å². The van der Waals surface area contributed by atoms with Gasteiger partial charge in [-0.05, 0) is 20.9 Å². The Bertz CT molecular complexity index is 170. The van der Waals surface area contributed by atoms with Crippen LogP contribution in [0.5, 0.6) is 0 Å². The van der Waals surface area contributed by atoms with E-state index < -0.39 is 18.0 Å². The van der Waals surface area contributed by atoms with Crippen LogP contribution in [0.4, 0.5) is 0 Å². The van der Waals surface area contributed by atoms with Crippen molar-refractivity contribution in [2.24, 2.45) is 5.92 Å². The van der Waals surface area contributed by atoms with Crippen LogP contribution in [0.1, 0.15) is 20.8 Å². The molecular weight excluding hydrogens is 170 g/mol. The molecule has 3 atom stereocenters. The van der Waals surface area contributed by atoms with Gasteiger partial charge >= 0.3 is 5.97 Å². The number of carbonyl (C=O) groups is 1. The smallest absolute Gasteiger partial charge is 0.307 e. The van der Waals surface area contributed by atoms with Crippen molar-refractivity contribution in [2.75, 3.05) is 13.6 Å². The molecule has 0 aromatic heterocycles. The van der Waals surface area contributed by atoms with Crippen molar-refractivity contribution in [1.82, 2.24) is 4.90 Å². The predicted octanol–water partition coefficient (Wildman–Crippen LogP) is 0.408. The average Bonchev–Trinajstić information content (AvgIpc) is 2.02. The molecule has 0 saturated heterocycles. The first-order valence-electron chi connectivity index (χ1n) is 4.47. The second-order valence-corrected chi connectivity index (χ2v) is 3.66. The third-order valence-corrected chi connectivity index (χ3v) is 2.38. The summed E-state index contributed by atoms with van der Waals surface area (Å²) in [6.07, 6.45) is -0.439. The molecule has 4 heteroatoms. The summed E-state index contributed by atoms with van der Waals surface area (Å²) in [6.45, 7) is 5.70. The van der Waals surface area contributed by atoms with Crippen LogP contribution in [-0.4, -0.2) is 46.8 Å². The quantitative estimate of drug-likeness (QED) is 0.657. The molecule has 0 aliphatic carbocycles. The topological polar surface area (TPSA) is 60.8 Å². The van der Waals surface area contributed by atoms with E-state index in [1.54, 1.807) is 13.8 Å². The van der Waals surface area contributed by atoms with Crippen molar-refractivity contribution in [3.63, 3.8) is 0 Å². The summed E-state index contributed by atoms with van der Waals surface area (Å²) in [7, 11) is 1.82. The fourth-order valence-electron chi connectivity index (χ4n) is 1.04. The van der Waals surface area contributed by atoms with Crippen LogP contribution in [0, 0.1) is 5.92 Å². The molecule has 0 heterocycles. The maximum Gasteiger partial charge on any atom is 0.307 e. The van der Waals surface area contributed by atoms with Crippen molar-refractivity contribution < 1.29 is 15.0 Å². The largest absolute Gasteiger partial charge is 0.481 e. The van der Waals surface area contributed by atoms with Crippen molar-refractivity contribution in [3.8, 4) is 0 Å². The summed E-state index contributed by atoms with van der Waals surface area (Å²) in [4.78, 5) is 12.4. The fraction of sp³-hybridized carbons (Fsp3) is 0.889. The molecule has 0 aliphatic rings. The van der Waals surface area contributed by atoms with Gasteiger partial charge in [-0.15, -0.1) is 0 Å². The highest BCUT2D eigenvalue weighted by atomic mass is 16.4. The molecule has 0 spiro atoms. The lowest BCUT2D eigenvalue weighted by Crippen LogP contribution is -2.41. The Labute approximate surface area is 79.2 Å². The highest BCUT2D eigenvalue weighted by Crippen LogP contribution is 2.05. The summed E-state index contributed by atoms with van der Waals surface area (Å²) in [5.74, 6) is -1.20. The predicted molar refractivity (Wildman–Crippen MR) is 50.6 cm³/mol. The summed E-state index contributed by atoms with van der Waals surface area (Å²) in [5, 5.41) is 17.9. The minimum Gasteiger partial charge on any atom is -0.481 e. The van der Waals surface area contributed by atoms with Gasteiger partial charge in [0.05, 0.1) is 12.0 Å². The third kappa shape index (κ3) is 4.24. The third-order valence-electron chi connectivity index (χ3n) is 2.38. The Morgan fingerprint density at radius 2 is 1.85 bits per heavy atom. The van der Waals surface area contributed by atoms with E-state index in [1.807, 2.05) is 18.9 Å². The van der Waals surface area contributed by atoms with Gasteiger partial charge in [-0.2, -0.15) is 0 Å². The SMILES string of the molecule is CC(CN(C)C(C)C(C)O)C(=O)O. The molecule has 78 valence electrons. The number of nitrogens with zero attached hydrogens (tertiary/aromatic N) is 1. The van der Waals surface area contributed by atoms with Gasteiger partial charge in [0.15, 0.2) is 0 Å². The second-order valence-electron chi connectivity index (χ2n) is 3.66. The molecule has 0 aromatic rings. The molecule has 4 nitrogen and oxygen atoms in total. The summed E-state index contributed by atoms with van der Waals surface area (Å²) >= 11 is 0. The van der Waals surface area contributed by atoms with Gasteiger partial charge in [-0.3, -0.25) is 4.79 Å². The van der Waals surface area contributed by atoms with Gasteiger partial charge in [-0.25, -0.2) is 0 Å². The van der Waals surface area contributed by atoms with E-state index >= 15 is 0 Å². The van der Waals surface area contributed by atoms with Gasteiger partial charge in [0.2, 0.25) is 0 Å². The monoisotopic (exact) mass is 189 g/mol. The fourth-order valence-corrected chi connectivity index (χ4v) is 1.04. The lowest BCUT2D eigenvalue weighted by molar-refractivity contribution is -0.142. The number of aliphatic hydroxyl groups excluding tert-OH is 1. The molecule has 0 rings (SSSR count). The molecule has 0 saturated carbocycles. The Morgan fingerprint density at radius 3 is 2.15 bits per heavy atom. The molecule has 0 fully saturated rings. The lowest BCUT2D eigenvalue weighted by atomic mass is 10.1. The number of hydrogen-bond acceptors (Lipinski definition) is 3.